The lowest BCUT2D eigenvalue weighted by molar-refractivity contribution is -0.143. The highest BCUT2D eigenvalue weighted by molar-refractivity contribution is 6.43. The standard InChI is InChI=1S/C34H29BF6N2O6/c36-33(37,38)21-13-22(34(39,40)41)15-23(14-21)43-31(46)25-12-20(17-44)29-26(30(25)32(43)47)16-35(48)49-28(29)8-7-19(27-6-1-2-9-42-27)10-18-4-3-5-24(45)11-18/h1-6,9-11,13-15,25-26,28,30,44-45,48H,7-8,12,16-17H2/b19-10-/t25-,26+,28-,30-/m1/s1. The van der Waals surface area contributed by atoms with Crippen molar-refractivity contribution in [2.45, 2.75) is 44.0 Å². The average Bonchev–Trinajstić information content (AvgIpc) is 3.30. The fourth-order valence-corrected chi connectivity index (χ4v) is 7.16. The number of aliphatic hydroxyl groups excluding tert-OH is 1. The Morgan fingerprint density at radius 2 is 1.67 bits per heavy atom. The van der Waals surface area contributed by atoms with Crippen molar-refractivity contribution in [3.63, 3.8) is 0 Å². The van der Waals surface area contributed by atoms with Crippen LogP contribution in [-0.2, 0) is 26.6 Å². The molecule has 2 fully saturated rings. The van der Waals surface area contributed by atoms with Crippen molar-refractivity contribution >= 4 is 36.3 Å². The Kier molecular flexibility index (Phi) is 9.20. The SMILES string of the molecule is O=C1[C@@H]2[C@@H](CC(CO)=C3[C@@H](CC/C(=C/c4cccc(O)c4)c4ccccn4)OB(O)C[C@@H]32)C(=O)N1c1cc(C(F)(F)F)cc(C(F)(F)F)c1. The van der Waals surface area contributed by atoms with Gasteiger partial charge in [0.05, 0.1) is 47.1 Å². The minimum absolute atomic E-state index is 0.0507. The molecule has 1 aliphatic carbocycles. The summed E-state index contributed by atoms with van der Waals surface area (Å²) in [4.78, 5) is 32.4. The van der Waals surface area contributed by atoms with E-state index in [-0.39, 0.29) is 31.0 Å². The number of halogens is 6. The van der Waals surface area contributed by atoms with Gasteiger partial charge in [0.1, 0.15) is 5.75 Å². The van der Waals surface area contributed by atoms with Crippen LogP contribution < -0.4 is 4.90 Å². The Morgan fingerprint density at radius 3 is 2.29 bits per heavy atom. The third kappa shape index (κ3) is 6.87. The number of aliphatic hydroxyl groups is 1. The van der Waals surface area contributed by atoms with Crippen LogP contribution in [0.5, 0.6) is 5.75 Å². The van der Waals surface area contributed by atoms with Crippen molar-refractivity contribution in [1.29, 1.82) is 0 Å². The zero-order valence-electron chi connectivity index (χ0n) is 25.6. The van der Waals surface area contributed by atoms with E-state index in [1.165, 1.54) is 6.07 Å². The Labute approximate surface area is 276 Å². The second-order valence-electron chi connectivity index (χ2n) is 12.3. The lowest BCUT2D eigenvalue weighted by Gasteiger charge is -2.42. The zero-order valence-corrected chi connectivity index (χ0v) is 25.6. The normalized spacial score (nSPS) is 23.2. The monoisotopic (exact) mass is 686 g/mol. The van der Waals surface area contributed by atoms with Crippen LogP contribution in [0.2, 0.25) is 6.32 Å². The van der Waals surface area contributed by atoms with Gasteiger partial charge >= 0.3 is 19.5 Å². The number of carbonyl (C=O) groups is 2. The number of anilines is 1. The van der Waals surface area contributed by atoms with Crippen LogP contribution in [0, 0.1) is 17.8 Å². The lowest BCUT2D eigenvalue weighted by Crippen LogP contribution is -2.46. The van der Waals surface area contributed by atoms with Gasteiger partial charge in [-0.05, 0) is 102 Å². The molecule has 15 heteroatoms. The number of nitrogens with zero attached hydrogens (tertiary/aromatic N) is 2. The second-order valence-corrected chi connectivity index (χ2v) is 12.3. The lowest BCUT2D eigenvalue weighted by atomic mass is 9.58. The first-order valence-electron chi connectivity index (χ1n) is 15.4. The smallest absolute Gasteiger partial charge is 0.455 e. The number of pyridine rings is 1. The number of rotatable bonds is 7. The summed E-state index contributed by atoms with van der Waals surface area (Å²) in [7, 11) is -1.42. The minimum atomic E-state index is -5.20. The molecular weight excluding hydrogens is 657 g/mol. The number of allylic oxidation sites excluding steroid dienone is 1. The Morgan fingerprint density at radius 1 is 0.959 bits per heavy atom. The molecule has 1 aromatic heterocycles. The number of benzene rings is 2. The average molecular weight is 686 g/mol. The molecule has 2 amide bonds. The van der Waals surface area contributed by atoms with E-state index < -0.39 is 78.6 Å². The minimum Gasteiger partial charge on any atom is -0.508 e. The van der Waals surface area contributed by atoms with Gasteiger partial charge in [-0.2, -0.15) is 26.3 Å². The number of phenolic OH excluding ortho intramolecular Hbond substituents is 1. The summed E-state index contributed by atoms with van der Waals surface area (Å²) in [5.41, 5.74) is -1.37. The van der Waals surface area contributed by atoms with Gasteiger partial charge in [-0.25, -0.2) is 4.90 Å². The number of hydrogen-bond acceptors (Lipinski definition) is 7. The number of amides is 2. The van der Waals surface area contributed by atoms with Gasteiger partial charge < -0.3 is 19.9 Å². The predicted octanol–water partition coefficient (Wildman–Crippen LogP) is 6.14. The molecule has 49 heavy (non-hydrogen) atoms. The van der Waals surface area contributed by atoms with Crippen molar-refractivity contribution in [2.75, 3.05) is 11.5 Å². The van der Waals surface area contributed by atoms with E-state index in [1.807, 2.05) is 6.08 Å². The van der Waals surface area contributed by atoms with Crippen LogP contribution in [0.25, 0.3) is 11.6 Å². The summed E-state index contributed by atoms with van der Waals surface area (Å²) in [5, 5.41) is 31.2. The molecule has 2 saturated heterocycles. The molecule has 3 aliphatic rings. The zero-order chi connectivity index (χ0) is 35.2. The van der Waals surface area contributed by atoms with Crippen LogP contribution in [-0.4, -0.2) is 51.9 Å². The highest BCUT2D eigenvalue weighted by Gasteiger charge is 2.58. The maximum atomic E-state index is 13.9. The van der Waals surface area contributed by atoms with E-state index in [4.69, 9.17) is 4.65 Å². The van der Waals surface area contributed by atoms with E-state index >= 15 is 0 Å². The summed E-state index contributed by atoms with van der Waals surface area (Å²) in [5.74, 6) is -5.23. The molecule has 0 bridgehead atoms. The molecule has 0 saturated carbocycles. The highest BCUT2D eigenvalue weighted by atomic mass is 19.4. The van der Waals surface area contributed by atoms with Gasteiger partial charge in [-0.1, -0.05) is 18.2 Å². The first-order chi connectivity index (χ1) is 23.2. The molecule has 0 unspecified atom stereocenters. The molecule has 2 aliphatic heterocycles. The summed E-state index contributed by atoms with van der Waals surface area (Å²) in [6.45, 7) is -0.555. The predicted molar refractivity (Wildman–Crippen MR) is 165 cm³/mol. The van der Waals surface area contributed by atoms with Crippen molar-refractivity contribution in [2.24, 2.45) is 17.8 Å². The summed E-state index contributed by atoms with van der Waals surface area (Å²) in [6, 6.07) is 12.4. The van der Waals surface area contributed by atoms with Gasteiger partial charge in [-0.15, -0.1) is 0 Å². The quantitative estimate of drug-likeness (QED) is 0.118. The van der Waals surface area contributed by atoms with E-state index in [0.717, 1.165) is 5.57 Å². The van der Waals surface area contributed by atoms with Gasteiger partial charge in [0, 0.05) is 6.20 Å². The van der Waals surface area contributed by atoms with Crippen molar-refractivity contribution in [3.05, 3.63) is 100 Å². The number of imide groups is 1. The van der Waals surface area contributed by atoms with Crippen LogP contribution in [0.15, 0.2) is 78.0 Å². The van der Waals surface area contributed by atoms with Crippen LogP contribution in [0.4, 0.5) is 32.0 Å². The number of fused-ring (bicyclic) bond motifs is 3. The molecule has 2 aromatic carbocycles. The van der Waals surface area contributed by atoms with Crippen molar-refractivity contribution in [3.8, 4) is 5.75 Å². The maximum absolute atomic E-state index is 13.9. The van der Waals surface area contributed by atoms with Gasteiger partial charge in [0.15, 0.2) is 0 Å². The number of hydrogen-bond donors (Lipinski definition) is 3. The highest BCUT2D eigenvalue weighted by Crippen LogP contribution is 2.52. The van der Waals surface area contributed by atoms with Crippen LogP contribution in [0.1, 0.15) is 41.6 Å². The maximum Gasteiger partial charge on any atom is 0.455 e. The summed E-state index contributed by atoms with van der Waals surface area (Å²) in [6.07, 6.45) is -7.70. The Hall–Kier alpha value is -4.47. The first kappa shape index (κ1) is 34.4. The molecule has 0 spiro atoms. The Bertz CT molecular complexity index is 1800. The van der Waals surface area contributed by atoms with Gasteiger partial charge in [0.2, 0.25) is 11.8 Å². The van der Waals surface area contributed by atoms with Gasteiger partial charge in [-0.3, -0.25) is 14.6 Å². The third-order valence-corrected chi connectivity index (χ3v) is 9.21. The number of carbonyl (C=O) groups excluding carboxylic acids is 2. The molecule has 6 rings (SSSR count). The summed E-state index contributed by atoms with van der Waals surface area (Å²) >= 11 is 0. The molecule has 3 aromatic rings. The molecule has 3 N–H and O–H groups in total. The van der Waals surface area contributed by atoms with Crippen molar-refractivity contribution < 1.29 is 55.8 Å². The van der Waals surface area contributed by atoms with E-state index in [0.29, 0.717) is 45.9 Å². The van der Waals surface area contributed by atoms with E-state index in [2.05, 4.69) is 4.98 Å². The fourth-order valence-electron chi connectivity index (χ4n) is 7.16. The largest absolute Gasteiger partial charge is 0.508 e. The number of aromatic nitrogens is 1. The van der Waals surface area contributed by atoms with E-state index in [1.54, 1.807) is 42.6 Å². The molecule has 0 radical (unpaired) electrons. The molecule has 4 atom stereocenters. The second kappa shape index (κ2) is 13.1. The Balaban J connectivity index is 1.34. The first-order valence-corrected chi connectivity index (χ1v) is 15.4. The molecule has 256 valence electrons. The molecule has 8 nitrogen and oxygen atoms in total. The third-order valence-electron chi connectivity index (χ3n) is 9.21. The van der Waals surface area contributed by atoms with Crippen molar-refractivity contribution in [1.82, 2.24) is 4.98 Å². The fraction of sp³-hybridized carbons (Fsp3) is 0.324. The summed E-state index contributed by atoms with van der Waals surface area (Å²) < 4.78 is 87.8. The number of phenols is 1. The van der Waals surface area contributed by atoms with E-state index in [9.17, 15) is 51.2 Å². The number of aromatic hydroxyl groups is 1. The molecular formula is C34H29BF6N2O6. The topological polar surface area (TPSA) is 120 Å². The number of alkyl halides is 6. The van der Waals surface area contributed by atoms with Crippen LogP contribution >= 0.6 is 0 Å². The van der Waals surface area contributed by atoms with Crippen LogP contribution in [0.3, 0.4) is 0 Å². The molecule has 3 heterocycles. The van der Waals surface area contributed by atoms with Gasteiger partial charge in [0.25, 0.3) is 0 Å².